The highest BCUT2D eigenvalue weighted by Crippen LogP contribution is 2.29. The van der Waals surface area contributed by atoms with Gasteiger partial charge in [-0.2, -0.15) is 0 Å². The van der Waals surface area contributed by atoms with Crippen molar-refractivity contribution in [3.63, 3.8) is 0 Å². The van der Waals surface area contributed by atoms with Gasteiger partial charge in [-0.05, 0) is 54.4 Å². The summed E-state index contributed by atoms with van der Waals surface area (Å²) in [6, 6.07) is 18.7. The van der Waals surface area contributed by atoms with Gasteiger partial charge < -0.3 is 19.9 Å². The first kappa shape index (κ1) is 23.9. The molecule has 0 unspecified atom stereocenters. The normalized spacial score (nSPS) is 13.4. The van der Waals surface area contributed by atoms with Crippen molar-refractivity contribution in [1.29, 1.82) is 0 Å². The summed E-state index contributed by atoms with van der Waals surface area (Å²) in [5, 5.41) is 5.55. The number of carbonyl (C=O) groups is 1. The Kier molecular flexibility index (Phi) is 7.09. The number of nitrogens with one attached hydrogen (secondary N) is 2. The number of halogens is 3. The van der Waals surface area contributed by atoms with Crippen LogP contribution in [-0.2, 0) is 13.1 Å². The highest BCUT2D eigenvalue weighted by molar-refractivity contribution is 5.88. The number of urea groups is 1. The van der Waals surface area contributed by atoms with Gasteiger partial charge in [-0.3, -0.25) is 5.32 Å². The van der Waals surface area contributed by atoms with E-state index in [1.807, 2.05) is 54.4 Å². The summed E-state index contributed by atoms with van der Waals surface area (Å²) in [5.41, 5.74) is 3.68. The quantitative estimate of drug-likeness (QED) is 0.468. The Morgan fingerprint density at radius 1 is 1.06 bits per heavy atom. The van der Waals surface area contributed by atoms with Crippen molar-refractivity contribution >= 4 is 17.5 Å². The number of nitrogens with zero attached hydrogens (tertiary/aromatic N) is 3. The molecule has 1 aliphatic heterocycles. The van der Waals surface area contributed by atoms with Crippen LogP contribution >= 0.6 is 0 Å². The van der Waals surface area contributed by atoms with Gasteiger partial charge >= 0.3 is 12.4 Å². The van der Waals surface area contributed by atoms with E-state index in [9.17, 15) is 18.0 Å². The SMILES string of the molecule is CC1=CN(c2ccc(OC(F)(F)F)cc2)CN1Cc1ccnc(NC(=O)NCc2ccccc2)c1. The minimum absolute atomic E-state index is 0.261. The number of aromatic nitrogens is 1. The molecule has 3 aromatic rings. The standard InChI is InChI=1S/C25H24F3N5O2/c1-18-15-33(21-7-9-22(10-8-21)35-25(26,27)28)17-32(18)16-20-11-12-29-23(13-20)31-24(34)30-14-19-5-3-2-4-6-19/h2-13,15H,14,16-17H2,1H3,(H2,29,30,31,34). The van der Waals surface area contributed by atoms with Crippen LogP contribution in [0.3, 0.4) is 0 Å². The summed E-state index contributed by atoms with van der Waals surface area (Å²) in [4.78, 5) is 20.5. The molecule has 2 N–H and O–H groups in total. The molecule has 1 aliphatic rings. The van der Waals surface area contributed by atoms with E-state index in [1.165, 1.54) is 12.1 Å². The number of pyridine rings is 1. The Morgan fingerprint density at radius 3 is 2.51 bits per heavy atom. The second kappa shape index (κ2) is 10.4. The first-order chi connectivity index (χ1) is 16.7. The van der Waals surface area contributed by atoms with E-state index in [2.05, 4.69) is 25.3 Å². The third-order valence-electron chi connectivity index (χ3n) is 5.30. The van der Waals surface area contributed by atoms with E-state index in [4.69, 9.17) is 0 Å². The minimum atomic E-state index is -4.72. The maximum Gasteiger partial charge on any atom is 0.573 e. The number of anilines is 2. The number of amides is 2. The number of alkyl halides is 3. The van der Waals surface area contributed by atoms with Crippen molar-refractivity contribution in [2.75, 3.05) is 16.9 Å². The lowest BCUT2D eigenvalue weighted by Crippen LogP contribution is -2.29. The molecule has 2 heterocycles. The largest absolute Gasteiger partial charge is 0.573 e. The maximum absolute atomic E-state index is 12.4. The molecular formula is C25H24F3N5O2. The van der Waals surface area contributed by atoms with Gasteiger partial charge in [0.2, 0.25) is 0 Å². The molecule has 0 fully saturated rings. The fourth-order valence-electron chi connectivity index (χ4n) is 3.61. The Morgan fingerprint density at radius 2 is 1.80 bits per heavy atom. The number of allylic oxidation sites excluding steroid dienone is 1. The van der Waals surface area contributed by atoms with Gasteiger partial charge in [0.25, 0.3) is 0 Å². The number of hydrogen-bond donors (Lipinski definition) is 2. The van der Waals surface area contributed by atoms with Crippen LogP contribution in [-0.4, -0.2) is 28.9 Å². The molecule has 2 amide bonds. The molecule has 35 heavy (non-hydrogen) atoms. The molecule has 0 bridgehead atoms. The summed E-state index contributed by atoms with van der Waals surface area (Å²) in [7, 11) is 0. The van der Waals surface area contributed by atoms with Crippen LogP contribution in [0.1, 0.15) is 18.1 Å². The van der Waals surface area contributed by atoms with Crippen LogP contribution in [0.4, 0.5) is 29.5 Å². The molecule has 182 valence electrons. The van der Waals surface area contributed by atoms with E-state index in [-0.39, 0.29) is 11.8 Å². The van der Waals surface area contributed by atoms with Crippen LogP contribution in [0.25, 0.3) is 0 Å². The van der Waals surface area contributed by atoms with E-state index < -0.39 is 6.36 Å². The van der Waals surface area contributed by atoms with Crippen molar-refractivity contribution in [2.45, 2.75) is 26.4 Å². The van der Waals surface area contributed by atoms with Gasteiger partial charge in [0.15, 0.2) is 0 Å². The molecule has 0 spiro atoms. The Bertz CT molecular complexity index is 1180. The van der Waals surface area contributed by atoms with Crippen LogP contribution in [0.2, 0.25) is 0 Å². The number of hydrogen-bond acceptors (Lipinski definition) is 5. The van der Waals surface area contributed by atoms with Crippen LogP contribution < -0.4 is 20.3 Å². The first-order valence-electron chi connectivity index (χ1n) is 10.8. The Balaban J connectivity index is 1.32. The van der Waals surface area contributed by atoms with Crippen LogP contribution in [0.5, 0.6) is 5.75 Å². The Labute approximate surface area is 200 Å². The molecule has 2 aromatic carbocycles. The molecule has 1 aromatic heterocycles. The van der Waals surface area contributed by atoms with Gasteiger partial charge in [0.1, 0.15) is 11.6 Å². The monoisotopic (exact) mass is 483 g/mol. The second-order valence-electron chi connectivity index (χ2n) is 7.96. The lowest BCUT2D eigenvalue weighted by atomic mass is 10.2. The average molecular weight is 483 g/mol. The van der Waals surface area contributed by atoms with Crippen LogP contribution in [0, 0.1) is 0 Å². The predicted octanol–water partition coefficient (Wildman–Crippen LogP) is 5.44. The third kappa shape index (κ3) is 6.89. The molecule has 0 aliphatic carbocycles. The first-order valence-corrected chi connectivity index (χ1v) is 10.8. The molecule has 4 rings (SSSR count). The van der Waals surface area contributed by atoms with Crippen molar-refractivity contribution in [3.05, 3.63) is 96.0 Å². The zero-order chi connectivity index (χ0) is 24.8. The number of benzene rings is 2. The molecule has 0 radical (unpaired) electrons. The van der Waals surface area contributed by atoms with Crippen molar-refractivity contribution < 1.29 is 22.7 Å². The van der Waals surface area contributed by atoms with E-state index in [1.54, 1.807) is 24.4 Å². The summed E-state index contributed by atoms with van der Waals surface area (Å²) in [6.07, 6.45) is -1.16. The third-order valence-corrected chi connectivity index (χ3v) is 5.30. The topological polar surface area (TPSA) is 69.7 Å². The average Bonchev–Trinajstić information content (AvgIpc) is 3.18. The lowest BCUT2D eigenvalue weighted by molar-refractivity contribution is -0.274. The zero-order valence-corrected chi connectivity index (χ0v) is 18.9. The number of carbonyl (C=O) groups excluding carboxylic acids is 1. The highest BCUT2D eigenvalue weighted by atomic mass is 19.4. The van der Waals surface area contributed by atoms with Crippen molar-refractivity contribution in [1.82, 2.24) is 15.2 Å². The Hall–Kier alpha value is -4.21. The zero-order valence-electron chi connectivity index (χ0n) is 18.9. The van der Waals surface area contributed by atoms with Gasteiger partial charge in [0.05, 0.1) is 6.67 Å². The van der Waals surface area contributed by atoms with Crippen LogP contribution in [0.15, 0.2) is 84.8 Å². The van der Waals surface area contributed by atoms with E-state index >= 15 is 0 Å². The molecule has 10 heteroatoms. The van der Waals surface area contributed by atoms with E-state index in [0.29, 0.717) is 25.6 Å². The molecular weight excluding hydrogens is 459 g/mol. The number of ether oxygens (including phenoxy) is 1. The lowest BCUT2D eigenvalue weighted by Gasteiger charge is -2.23. The summed E-state index contributed by atoms with van der Waals surface area (Å²) >= 11 is 0. The molecule has 7 nitrogen and oxygen atoms in total. The summed E-state index contributed by atoms with van der Waals surface area (Å²) in [5.74, 6) is 0.175. The molecule has 0 saturated heterocycles. The van der Waals surface area contributed by atoms with E-state index in [0.717, 1.165) is 22.5 Å². The van der Waals surface area contributed by atoms with Gasteiger partial charge in [-0.15, -0.1) is 13.2 Å². The minimum Gasteiger partial charge on any atom is -0.406 e. The molecule has 0 atom stereocenters. The van der Waals surface area contributed by atoms with Crippen molar-refractivity contribution in [2.24, 2.45) is 0 Å². The van der Waals surface area contributed by atoms with Gasteiger partial charge in [0, 0.05) is 36.9 Å². The smallest absolute Gasteiger partial charge is 0.406 e. The fourth-order valence-corrected chi connectivity index (χ4v) is 3.61. The summed E-state index contributed by atoms with van der Waals surface area (Å²) in [6.45, 7) is 3.45. The maximum atomic E-state index is 12.4. The predicted molar refractivity (Wildman–Crippen MR) is 126 cm³/mol. The van der Waals surface area contributed by atoms with Crippen molar-refractivity contribution in [3.8, 4) is 5.75 Å². The number of rotatable bonds is 7. The fraction of sp³-hybridized carbons (Fsp3) is 0.200. The molecule has 0 saturated carbocycles. The summed E-state index contributed by atoms with van der Waals surface area (Å²) < 4.78 is 41.1. The van der Waals surface area contributed by atoms with Gasteiger partial charge in [-0.25, -0.2) is 9.78 Å². The van der Waals surface area contributed by atoms with Gasteiger partial charge in [-0.1, -0.05) is 30.3 Å². The highest BCUT2D eigenvalue weighted by Gasteiger charge is 2.31. The second-order valence-corrected chi connectivity index (χ2v) is 7.96.